The lowest BCUT2D eigenvalue weighted by atomic mass is 10.1. The number of nitrogens with zero attached hydrogens (tertiary/aromatic N) is 2. The monoisotopic (exact) mass is 450 g/mol. The van der Waals surface area contributed by atoms with Gasteiger partial charge >= 0.3 is 0 Å². The normalized spacial score (nSPS) is 10.4. The van der Waals surface area contributed by atoms with Crippen LogP contribution < -0.4 is 15.5 Å². The summed E-state index contributed by atoms with van der Waals surface area (Å²) in [6.45, 7) is 4.09. The van der Waals surface area contributed by atoms with Crippen LogP contribution in [-0.4, -0.2) is 29.3 Å². The number of nitrogens with one attached hydrogen (secondary N) is 2. The Labute approximate surface area is 191 Å². The van der Waals surface area contributed by atoms with Gasteiger partial charge in [0.05, 0.1) is 0 Å². The van der Waals surface area contributed by atoms with Gasteiger partial charge < -0.3 is 15.5 Å². The number of benzene rings is 2. The summed E-state index contributed by atoms with van der Waals surface area (Å²) in [5.74, 6) is -0.846. The fourth-order valence-electron chi connectivity index (χ4n) is 3.14. The first kappa shape index (κ1) is 23.1. The number of aromatic nitrogens is 1. The average Bonchev–Trinajstić information content (AvgIpc) is 3.30. The molecule has 3 amide bonds. The van der Waals surface area contributed by atoms with E-state index in [4.69, 9.17) is 0 Å². The molecule has 3 rings (SSSR count). The molecule has 7 nitrogen and oxygen atoms in total. The van der Waals surface area contributed by atoms with Crippen molar-refractivity contribution in [1.82, 2.24) is 10.3 Å². The van der Waals surface area contributed by atoms with Crippen molar-refractivity contribution >= 4 is 39.9 Å². The van der Waals surface area contributed by atoms with Crippen LogP contribution in [0, 0.1) is 13.8 Å². The molecule has 0 saturated heterocycles. The molecule has 0 aliphatic heterocycles. The maximum Gasteiger partial charge on any atom is 0.240 e. The molecule has 1 heterocycles. The number of anilines is 2. The topological polar surface area (TPSA) is 91.4 Å². The lowest BCUT2D eigenvalue weighted by molar-refractivity contribution is -0.125. The van der Waals surface area contributed by atoms with Crippen molar-refractivity contribution in [3.8, 4) is 0 Å². The maximum atomic E-state index is 13.1. The number of carbonyl (C=O) groups excluding carboxylic acids is 3. The smallest absolute Gasteiger partial charge is 0.240 e. The number of rotatable bonds is 9. The first-order valence-corrected chi connectivity index (χ1v) is 11.2. The minimum atomic E-state index is -0.289. The van der Waals surface area contributed by atoms with Gasteiger partial charge in [0, 0.05) is 36.7 Å². The third kappa shape index (κ3) is 6.75. The van der Waals surface area contributed by atoms with Crippen LogP contribution in [0.1, 0.15) is 29.5 Å². The number of hydrogen-bond acceptors (Lipinski definition) is 5. The molecular weight excluding hydrogens is 424 g/mol. The molecule has 2 aromatic carbocycles. The highest BCUT2D eigenvalue weighted by Gasteiger charge is 2.22. The highest BCUT2D eigenvalue weighted by atomic mass is 32.1. The Morgan fingerprint density at radius 1 is 1.00 bits per heavy atom. The van der Waals surface area contributed by atoms with E-state index in [-0.39, 0.29) is 37.1 Å². The Morgan fingerprint density at radius 2 is 1.78 bits per heavy atom. The maximum absolute atomic E-state index is 13.1. The number of aryl methyl sites for hydroxylation is 2. The Balaban J connectivity index is 1.67. The summed E-state index contributed by atoms with van der Waals surface area (Å²) in [4.78, 5) is 43.4. The molecule has 0 atom stereocenters. The van der Waals surface area contributed by atoms with Gasteiger partial charge in [-0.05, 0) is 36.6 Å². The van der Waals surface area contributed by atoms with Crippen molar-refractivity contribution in [2.75, 3.05) is 16.8 Å². The second-order valence-corrected chi connectivity index (χ2v) is 8.31. The van der Waals surface area contributed by atoms with E-state index in [1.54, 1.807) is 11.6 Å². The van der Waals surface area contributed by atoms with Crippen molar-refractivity contribution in [3.63, 3.8) is 0 Å². The zero-order valence-corrected chi connectivity index (χ0v) is 18.9. The Kier molecular flexibility index (Phi) is 8.10. The third-order valence-corrected chi connectivity index (χ3v) is 5.52. The molecular formula is C24H26N4O3S. The summed E-state index contributed by atoms with van der Waals surface area (Å²) in [6.07, 6.45) is 1.59. The van der Waals surface area contributed by atoms with Crippen molar-refractivity contribution < 1.29 is 14.4 Å². The van der Waals surface area contributed by atoms with Crippen LogP contribution in [0.3, 0.4) is 0 Å². The Morgan fingerprint density at radius 3 is 2.50 bits per heavy atom. The molecule has 0 aliphatic rings. The van der Waals surface area contributed by atoms with E-state index in [2.05, 4.69) is 15.6 Å². The van der Waals surface area contributed by atoms with Crippen molar-refractivity contribution in [2.45, 2.75) is 33.2 Å². The van der Waals surface area contributed by atoms with Crippen molar-refractivity contribution in [1.29, 1.82) is 0 Å². The minimum Gasteiger partial charge on any atom is -0.350 e. The van der Waals surface area contributed by atoms with E-state index in [9.17, 15) is 14.4 Å². The van der Waals surface area contributed by atoms with Crippen molar-refractivity contribution in [3.05, 3.63) is 76.8 Å². The molecule has 0 radical (unpaired) electrons. The lowest BCUT2D eigenvalue weighted by Gasteiger charge is -2.24. The predicted molar refractivity (Wildman–Crippen MR) is 127 cm³/mol. The summed E-state index contributed by atoms with van der Waals surface area (Å²) in [6, 6.07) is 15.3. The molecule has 0 fully saturated rings. The van der Waals surface area contributed by atoms with Crippen LogP contribution in [0.25, 0.3) is 0 Å². The standard InChI is InChI=1S/C24H26N4O3S/c1-17-8-9-18(2)20(14-17)28(16-22(30)26-15-19-6-4-3-5-7-19)23(31)11-10-21(29)27-24-25-12-13-32-24/h3-9,12-14H,10-11,15-16H2,1-2H3,(H,26,30)(H,25,27,29). The van der Waals surface area contributed by atoms with E-state index in [0.717, 1.165) is 16.7 Å². The van der Waals surface area contributed by atoms with Gasteiger partial charge in [-0.25, -0.2) is 4.98 Å². The molecule has 3 aromatic rings. The fraction of sp³-hybridized carbons (Fsp3) is 0.250. The third-order valence-electron chi connectivity index (χ3n) is 4.84. The fourth-order valence-corrected chi connectivity index (χ4v) is 3.68. The average molecular weight is 451 g/mol. The summed E-state index contributed by atoms with van der Waals surface area (Å²) >= 11 is 1.31. The molecule has 0 saturated carbocycles. The molecule has 8 heteroatoms. The first-order chi connectivity index (χ1) is 15.4. The second-order valence-electron chi connectivity index (χ2n) is 7.42. The highest BCUT2D eigenvalue weighted by molar-refractivity contribution is 7.13. The summed E-state index contributed by atoms with van der Waals surface area (Å²) in [5, 5.41) is 7.79. The van der Waals surface area contributed by atoms with Gasteiger partial charge in [0.1, 0.15) is 6.54 Å². The van der Waals surface area contributed by atoms with E-state index >= 15 is 0 Å². The quantitative estimate of drug-likeness (QED) is 0.518. The lowest BCUT2D eigenvalue weighted by Crippen LogP contribution is -2.41. The van der Waals surface area contributed by atoms with E-state index in [1.165, 1.54) is 16.2 Å². The van der Waals surface area contributed by atoms with Gasteiger partial charge in [-0.3, -0.25) is 14.4 Å². The minimum absolute atomic E-state index is 0.00537. The molecule has 0 spiro atoms. The number of hydrogen-bond donors (Lipinski definition) is 2. The Hall–Kier alpha value is -3.52. The molecule has 32 heavy (non-hydrogen) atoms. The van der Waals surface area contributed by atoms with Gasteiger partial charge in [0.15, 0.2) is 5.13 Å². The predicted octanol–water partition coefficient (Wildman–Crippen LogP) is 3.83. The van der Waals surface area contributed by atoms with Gasteiger partial charge in [0.2, 0.25) is 17.7 Å². The van der Waals surface area contributed by atoms with Crippen LogP contribution >= 0.6 is 11.3 Å². The molecule has 0 bridgehead atoms. The van der Waals surface area contributed by atoms with Crippen LogP contribution in [0.4, 0.5) is 10.8 Å². The SMILES string of the molecule is Cc1ccc(C)c(N(CC(=O)NCc2ccccc2)C(=O)CCC(=O)Nc2nccs2)c1. The van der Waals surface area contributed by atoms with Gasteiger partial charge in [0.25, 0.3) is 0 Å². The number of carbonyl (C=O) groups is 3. The van der Waals surface area contributed by atoms with E-state index in [1.807, 2.05) is 62.4 Å². The summed E-state index contributed by atoms with van der Waals surface area (Å²) in [7, 11) is 0. The van der Waals surface area contributed by atoms with Crippen LogP contribution in [0.5, 0.6) is 0 Å². The van der Waals surface area contributed by atoms with Gasteiger partial charge in [-0.15, -0.1) is 11.3 Å². The largest absolute Gasteiger partial charge is 0.350 e. The first-order valence-electron chi connectivity index (χ1n) is 10.3. The zero-order chi connectivity index (χ0) is 22.9. The number of thiazole rings is 1. The molecule has 0 unspecified atom stereocenters. The van der Waals surface area contributed by atoms with E-state index in [0.29, 0.717) is 17.4 Å². The van der Waals surface area contributed by atoms with E-state index < -0.39 is 0 Å². The van der Waals surface area contributed by atoms with Crippen molar-refractivity contribution in [2.24, 2.45) is 0 Å². The molecule has 2 N–H and O–H groups in total. The second kappa shape index (κ2) is 11.2. The highest BCUT2D eigenvalue weighted by Crippen LogP contribution is 2.23. The molecule has 0 aliphatic carbocycles. The van der Waals surface area contributed by atoms with Gasteiger partial charge in [-0.2, -0.15) is 0 Å². The summed E-state index contributed by atoms with van der Waals surface area (Å²) < 4.78 is 0. The number of amides is 3. The Bertz CT molecular complexity index is 1070. The van der Waals surface area contributed by atoms with Crippen LogP contribution in [0.2, 0.25) is 0 Å². The molecule has 166 valence electrons. The van der Waals surface area contributed by atoms with Crippen LogP contribution in [-0.2, 0) is 20.9 Å². The van der Waals surface area contributed by atoms with Crippen LogP contribution in [0.15, 0.2) is 60.1 Å². The molecule has 1 aromatic heterocycles. The summed E-state index contributed by atoms with van der Waals surface area (Å²) in [5.41, 5.74) is 3.51. The van der Waals surface area contributed by atoms with Gasteiger partial charge in [-0.1, -0.05) is 42.5 Å². The zero-order valence-electron chi connectivity index (χ0n) is 18.1.